The van der Waals surface area contributed by atoms with Crippen LogP contribution in [0.15, 0.2) is 127 Å². The zero-order chi connectivity index (χ0) is 20.4. The number of hydrogen-bond donors (Lipinski definition) is 0. The molecule has 0 N–H and O–H groups in total. The van der Waals surface area contributed by atoms with E-state index in [1.807, 2.05) is 0 Å². The summed E-state index contributed by atoms with van der Waals surface area (Å²) in [4.78, 5) is 0. The number of hydrogen-bond acceptors (Lipinski definition) is 0. The summed E-state index contributed by atoms with van der Waals surface area (Å²) in [6.07, 6.45) is 2.46. The van der Waals surface area contributed by atoms with E-state index in [-0.39, 0.29) is 5.41 Å². The second-order valence-corrected chi connectivity index (χ2v) is 7.97. The fraction of sp³-hybridized carbons (Fsp3) is 0.0667. The van der Waals surface area contributed by atoms with Gasteiger partial charge in [-0.1, -0.05) is 127 Å². The molecule has 0 bridgehead atoms. The Bertz CT molecular complexity index is 1200. The van der Waals surface area contributed by atoms with Crippen LogP contribution in [-0.2, 0) is 5.41 Å². The third-order valence-corrected chi connectivity index (χ3v) is 6.05. The van der Waals surface area contributed by atoms with Gasteiger partial charge in [-0.05, 0) is 45.9 Å². The van der Waals surface area contributed by atoms with E-state index in [1.54, 1.807) is 0 Å². The highest BCUT2D eigenvalue weighted by molar-refractivity contribution is 6.21. The first-order valence-electron chi connectivity index (χ1n) is 10.5. The lowest BCUT2D eigenvalue weighted by molar-refractivity contribution is 0.793. The highest BCUT2D eigenvalue weighted by Gasteiger charge is 2.39. The molecule has 0 saturated heterocycles. The van der Waals surface area contributed by atoms with Gasteiger partial charge < -0.3 is 0 Å². The van der Waals surface area contributed by atoms with E-state index in [9.17, 15) is 0 Å². The molecule has 0 nitrogen and oxygen atoms in total. The van der Waals surface area contributed by atoms with Crippen LogP contribution in [0.1, 0.15) is 29.2 Å². The average Bonchev–Trinajstić information content (AvgIpc) is 3.16. The Balaban J connectivity index is 1.87. The van der Waals surface area contributed by atoms with Crippen LogP contribution in [0.4, 0.5) is 0 Å². The highest BCUT2D eigenvalue weighted by Crippen LogP contribution is 2.54. The van der Waals surface area contributed by atoms with Crippen molar-refractivity contribution in [2.24, 2.45) is 0 Å². The predicted molar refractivity (Wildman–Crippen MR) is 128 cm³/mol. The summed E-state index contributed by atoms with van der Waals surface area (Å²) in [5.74, 6) is 0. The first kappa shape index (κ1) is 18.4. The molecule has 30 heavy (non-hydrogen) atoms. The van der Waals surface area contributed by atoms with E-state index >= 15 is 0 Å². The van der Waals surface area contributed by atoms with E-state index in [0.29, 0.717) is 0 Å². The Hall–Kier alpha value is -3.64. The van der Waals surface area contributed by atoms with Crippen LogP contribution >= 0.6 is 0 Å². The number of allylic oxidation sites excluding steroid dienone is 4. The second kappa shape index (κ2) is 7.65. The topological polar surface area (TPSA) is 0 Å². The smallest absolute Gasteiger partial charge is 0.0375 e. The van der Waals surface area contributed by atoms with Gasteiger partial charge in [-0.15, -0.1) is 0 Å². The molecule has 0 heterocycles. The van der Waals surface area contributed by atoms with Gasteiger partial charge in [0.15, 0.2) is 0 Å². The van der Waals surface area contributed by atoms with Crippen molar-refractivity contribution in [1.82, 2.24) is 0 Å². The Morgan fingerprint density at radius 3 is 1.43 bits per heavy atom. The maximum atomic E-state index is 2.46. The summed E-state index contributed by atoms with van der Waals surface area (Å²) in [6.45, 7) is 2.35. The third kappa shape index (κ3) is 3.11. The van der Waals surface area contributed by atoms with Gasteiger partial charge in [-0.2, -0.15) is 0 Å². The van der Waals surface area contributed by atoms with Gasteiger partial charge in [0, 0.05) is 5.41 Å². The molecule has 144 valence electrons. The van der Waals surface area contributed by atoms with Crippen LogP contribution in [0, 0.1) is 0 Å². The van der Waals surface area contributed by atoms with Gasteiger partial charge in [0.2, 0.25) is 0 Å². The van der Waals surface area contributed by atoms with E-state index < -0.39 is 0 Å². The second-order valence-electron chi connectivity index (χ2n) is 7.97. The fourth-order valence-electron chi connectivity index (χ4n) is 4.64. The van der Waals surface area contributed by atoms with Crippen molar-refractivity contribution in [3.63, 3.8) is 0 Å². The predicted octanol–water partition coefficient (Wildman–Crippen LogP) is 7.65. The van der Waals surface area contributed by atoms with E-state index in [1.165, 1.54) is 39.0 Å². The molecule has 4 aromatic rings. The maximum Gasteiger partial charge on any atom is 0.0375 e. The minimum Gasteiger partial charge on any atom is -0.0622 e. The maximum absolute atomic E-state index is 2.46. The lowest BCUT2D eigenvalue weighted by Crippen LogP contribution is -2.19. The fourth-order valence-corrected chi connectivity index (χ4v) is 4.64. The van der Waals surface area contributed by atoms with Crippen LogP contribution < -0.4 is 0 Å². The highest BCUT2D eigenvalue weighted by atomic mass is 14.4. The SMILES string of the molecule is CC1(c2ccccc2)C=C(c2ccccc2)C(c2ccccc2)=C1c1ccccc1. The lowest BCUT2D eigenvalue weighted by Gasteiger charge is -2.28. The molecule has 0 spiro atoms. The molecule has 1 unspecified atom stereocenters. The molecule has 0 heteroatoms. The first-order chi connectivity index (χ1) is 14.8. The van der Waals surface area contributed by atoms with Gasteiger partial charge >= 0.3 is 0 Å². The molecule has 0 amide bonds. The van der Waals surface area contributed by atoms with Crippen LogP contribution in [0.25, 0.3) is 16.7 Å². The molecule has 0 fully saturated rings. The largest absolute Gasteiger partial charge is 0.0622 e. The standard InChI is InChI=1S/C30H24/c1-30(26-20-12-5-13-21-26)22-27(23-14-6-2-7-15-23)28(24-16-8-3-9-17-24)29(30)25-18-10-4-11-19-25/h2-22H,1H3. The van der Waals surface area contributed by atoms with Crippen molar-refractivity contribution in [2.75, 3.05) is 0 Å². The molecule has 4 aromatic carbocycles. The Labute approximate surface area is 178 Å². The summed E-state index contributed by atoms with van der Waals surface area (Å²) in [6, 6.07) is 43.3. The minimum atomic E-state index is -0.223. The Kier molecular flexibility index (Phi) is 4.69. The number of rotatable bonds is 4. The van der Waals surface area contributed by atoms with Gasteiger partial charge in [-0.3, -0.25) is 0 Å². The minimum absolute atomic E-state index is 0.223. The molecule has 0 saturated carbocycles. The molecular weight excluding hydrogens is 360 g/mol. The van der Waals surface area contributed by atoms with Crippen LogP contribution in [0.5, 0.6) is 0 Å². The van der Waals surface area contributed by atoms with Crippen LogP contribution in [0.3, 0.4) is 0 Å². The van der Waals surface area contributed by atoms with Crippen LogP contribution in [-0.4, -0.2) is 0 Å². The summed E-state index contributed by atoms with van der Waals surface area (Å²) < 4.78 is 0. The first-order valence-corrected chi connectivity index (χ1v) is 10.5. The molecule has 1 atom stereocenters. The molecule has 0 aliphatic heterocycles. The van der Waals surface area contributed by atoms with Crippen LogP contribution in [0.2, 0.25) is 0 Å². The molecule has 0 radical (unpaired) electrons. The summed E-state index contributed by atoms with van der Waals surface area (Å²) in [5.41, 5.74) is 8.84. The van der Waals surface area contributed by atoms with Gasteiger partial charge in [0.25, 0.3) is 0 Å². The molecule has 5 rings (SSSR count). The monoisotopic (exact) mass is 384 g/mol. The molecular formula is C30H24. The number of benzene rings is 4. The zero-order valence-corrected chi connectivity index (χ0v) is 17.1. The van der Waals surface area contributed by atoms with Crippen molar-refractivity contribution in [3.8, 4) is 0 Å². The van der Waals surface area contributed by atoms with Crippen molar-refractivity contribution in [2.45, 2.75) is 12.3 Å². The van der Waals surface area contributed by atoms with Crippen molar-refractivity contribution in [1.29, 1.82) is 0 Å². The van der Waals surface area contributed by atoms with Gasteiger partial charge in [0.05, 0.1) is 0 Å². The van der Waals surface area contributed by atoms with Crippen molar-refractivity contribution < 1.29 is 0 Å². The zero-order valence-electron chi connectivity index (χ0n) is 17.1. The van der Waals surface area contributed by atoms with Gasteiger partial charge in [0.1, 0.15) is 0 Å². The normalized spacial score (nSPS) is 18.4. The van der Waals surface area contributed by atoms with E-state index in [4.69, 9.17) is 0 Å². The summed E-state index contributed by atoms with van der Waals surface area (Å²) >= 11 is 0. The molecule has 1 aliphatic carbocycles. The third-order valence-electron chi connectivity index (χ3n) is 6.05. The van der Waals surface area contributed by atoms with Crippen molar-refractivity contribution in [3.05, 3.63) is 150 Å². The average molecular weight is 385 g/mol. The lowest BCUT2D eigenvalue weighted by atomic mass is 9.74. The Morgan fingerprint density at radius 1 is 0.467 bits per heavy atom. The molecule has 0 aromatic heterocycles. The quantitative estimate of drug-likeness (QED) is 0.339. The molecule has 1 aliphatic rings. The Morgan fingerprint density at radius 2 is 0.900 bits per heavy atom. The van der Waals surface area contributed by atoms with E-state index in [0.717, 1.165) is 0 Å². The summed E-state index contributed by atoms with van der Waals surface area (Å²) in [5, 5.41) is 0. The summed E-state index contributed by atoms with van der Waals surface area (Å²) in [7, 11) is 0. The van der Waals surface area contributed by atoms with Gasteiger partial charge in [-0.25, -0.2) is 0 Å². The van der Waals surface area contributed by atoms with Crippen molar-refractivity contribution >= 4 is 16.7 Å². The van der Waals surface area contributed by atoms with E-state index in [2.05, 4.69) is 134 Å².